The van der Waals surface area contributed by atoms with Gasteiger partial charge in [0.2, 0.25) is 5.91 Å². The van der Waals surface area contributed by atoms with Crippen molar-refractivity contribution in [2.75, 3.05) is 31.2 Å². The summed E-state index contributed by atoms with van der Waals surface area (Å²) in [7, 11) is 0. The van der Waals surface area contributed by atoms with Crippen molar-refractivity contribution in [2.24, 2.45) is 0 Å². The molecule has 126 valence electrons. The quantitative estimate of drug-likeness (QED) is 0.859. The van der Waals surface area contributed by atoms with Gasteiger partial charge < -0.3 is 19.4 Å². The lowest BCUT2D eigenvalue weighted by atomic mass is 10.1. The van der Waals surface area contributed by atoms with Crippen molar-refractivity contribution < 1.29 is 13.9 Å². The van der Waals surface area contributed by atoms with Crippen LogP contribution in [0, 0.1) is 6.92 Å². The number of aryl methyl sites for hydroxylation is 1. The Bertz CT molecular complexity index is 698. The van der Waals surface area contributed by atoms with E-state index in [9.17, 15) is 4.79 Å². The first-order chi connectivity index (χ1) is 11.7. The Hall–Kier alpha value is -2.53. The summed E-state index contributed by atoms with van der Waals surface area (Å²) in [4.78, 5) is 14.2. The summed E-state index contributed by atoms with van der Waals surface area (Å²) in [5, 5.41) is 2.85. The molecule has 0 unspecified atom stereocenters. The van der Waals surface area contributed by atoms with Crippen molar-refractivity contribution in [3.8, 4) is 0 Å². The Morgan fingerprint density at radius 3 is 2.62 bits per heavy atom. The summed E-state index contributed by atoms with van der Waals surface area (Å²) in [6.45, 7) is 5.75. The van der Waals surface area contributed by atoms with Gasteiger partial charge in [0.05, 0.1) is 19.5 Å². The SMILES string of the molecule is Cc1occc1CNC(=O)C=Cc1ccc(N2CCOCC2)cc1. The number of benzene rings is 1. The molecule has 1 aromatic heterocycles. The van der Waals surface area contributed by atoms with Crippen LogP contribution >= 0.6 is 0 Å². The van der Waals surface area contributed by atoms with E-state index in [0.717, 1.165) is 43.2 Å². The van der Waals surface area contributed by atoms with E-state index in [4.69, 9.17) is 9.15 Å². The standard InChI is InChI=1S/C19H22N2O3/c1-15-17(8-11-24-15)14-20-19(22)7-4-16-2-5-18(6-3-16)21-9-12-23-13-10-21/h2-8,11H,9-10,12-14H2,1H3,(H,20,22). The molecule has 0 radical (unpaired) electrons. The van der Waals surface area contributed by atoms with Crippen LogP contribution in [0.25, 0.3) is 6.08 Å². The number of hydrogen-bond donors (Lipinski definition) is 1. The minimum absolute atomic E-state index is 0.118. The molecule has 1 N–H and O–H groups in total. The van der Waals surface area contributed by atoms with Crippen molar-refractivity contribution >= 4 is 17.7 Å². The molecule has 1 aromatic carbocycles. The number of nitrogens with one attached hydrogen (secondary N) is 1. The molecule has 5 nitrogen and oxygen atoms in total. The van der Waals surface area contributed by atoms with Crippen LogP contribution in [0.2, 0.25) is 0 Å². The van der Waals surface area contributed by atoms with E-state index in [1.54, 1.807) is 12.3 Å². The van der Waals surface area contributed by atoms with Gasteiger partial charge in [0.15, 0.2) is 0 Å². The fourth-order valence-electron chi connectivity index (χ4n) is 2.63. The second-order valence-electron chi connectivity index (χ2n) is 5.74. The molecule has 0 bridgehead atoms. The van der Waals surface area contributed by atoms with Crippen LogP contribution < -0.4 is 10.2 Å². The highest BCUT2D eigenvalue weighted by molar-refractivity contribution is 5.91. The molecule has 5 heteroatoms. The van der Waals surface area contributed by atoms with Crippen LogP contribution in [-0.4, -0.2) is 32.2 Å². The molecule has 1 saturated heterocycles. The third kappa shape index (κ3) is 4.26. The van der Waals surface area contributed by atoms with E-state index in [-0.39, 0.29) is 5.91 Å². The number of furan rings is 1. The van der Waals surface area contributed by atoms with Gasteiger partial charge in [-0.2, -0.15) is 0 Å². The maximum Gasteiger partial charge on any atom is 0.244 e. The third-order valence-electron chi connectivity index (χ3n) is 4.12. The van der Waals surface area contributed by atoms with Gasteiger partial charge in [-0.25, -0.2) is 0 Å². The Balaban J connectivity index is 1.52. The molecule has 1 amide bonds. The first-order valence-corrected chi connectivity index (χ1v) is 8.14. The van der Waals surface area contributed by atoms with Crippen LogP contribution in [0.5, 0.6) is 0 Å². The van der Waals surface area contributed by atoms with Crippen molar-refractivity contribution in [1.82, 2.24) is 5.32 Å². The Morgan fingerprint density at radius 1 is 1.21 bits per heavy atom. The number of ether oxygens (including phenoxy) is 1. The minimum Gasteiger partial charge on any atom is -0.469 e. The Labute approximate surface area is 141 Å². The van der Waals surface area contributed by atoms with Crippen molar-refractivity contribution in [3.63, 3.8) is 0 Å². The van der Waals surface area contributed by atoms with E-state index in [2.05, 4.69) is 22.3 Å². The summed E-state index contributed by atoms with van der Waals surface area (Å²) in [6.07, 6.45) is 5.00. The zero-order chi connectivity index (χ0) is 16.8. The van der Waals surface area contributed by atoms with E-state index in [1.807, 2.05) is 31.2 Å². The summed E-state index contributed by atoms with van der Waals surface area (Å²) < 4.78 is 10.6. The lowest BCUT2D eigenvalue weighted by Crippen LogP contribution is -2.36. The summed E-state index contributed by atoms with van der Waals surface area (Å²) in [5.74, 6) is 0.714. The summed E-state index contributed by atoms with van der Waals surface area (Å²) in [5.41, 5.74) is 3.18. The van der Waals surface area contributed by atoms with Gasteiger partial charge in [-0.05, 0) is 36.8 Å². The van der Waals surface area contributed by atoms with Gasteiger partial charge in [0.25, 0.3) is 0 Å². The zero-order valence-electron chi connectivity index (χ0n) is 13.8. The van der Waals surface area contributed by atoms with Crippen molar-refractivity contribution in [3.05, 3.63) is 59.6 Å². The first kappa shape index (κ1) is 16.3. The topological polar surface area (TPSA) is 54.7 Å². The van der Waals surface area contributed by atoms with E-state index in [1.165, 1.54) is 5.69 Å². The molecular weight excluding hydrogens is 304 g/mol. The van der Waals surface area contributed by atoms with E-state index in [0.29, 0.717) is 6.54 Å². The van der Waals surface area contributed by atoms with E-state index < -0.39 is 0 Å². The van der Waals surface area contributed by atoms with Crippen LogP contribution in [0.4, 0.5) is 5.69 Å². The fourth-order valence-corrected chi connectivity index (χ4v) is 2.63. The number of anilines is 1. The molecule has 24 heavy (non-hydrogen) atoms. The predicted octanol–water partition coefficient (Wildman–Crippen LogP) is 2.75. The molecule has 0 aliphatic carbocycles. The number of hydrogen-bond acceptors (Lipinski definition) is 4. The Kier molecular flexibility index (Phi) is 5.33. The average Bonchev–Trinajstić information content (AvgIpc) is 3.04. The fraction of sp³-hybridized carbons (Fsp3) is 0.316. The van der Waals surface area contributed by atoms with Crippen molar-refractivity contribution in [1.29, 1.82) is 0 Å². The van der Waals surface area contributed by atoms with Gasteiger partial charge in [0.1, 0.15) is 5.76 Å². The number of nitrogens with zero attached hydrogens (tertiary/aromatic N) is 1. The second-order valence-corrected chi connectivity index (χ2v) is 5.74. The maximum absolute atomic E-state index is 11.9. The number of amides is 1. The monoisotopic (exact) mass is 326 g/mol. The highest BCUT2D eigenvalue weighted by Gasteiger charge is 2.10. The number of rotatable bonds is 5. The molecule has 2 aromatic rings. The largest absolute Gasteiger partial charge is 0.469 e. The normalized spacial score (nSPS) is 15.0. The number of carbonyl (C=O) groups excluding carboxylic acids is 1. The van der Waals surface area contributed by atoms with Gasteiger partial charge in [0, 0.05) is 37.0 Å². The van der Waals surface area contributed by atoms with Crippen LogP contribution in [-0.2, 0) is 16.1 Å². The smallest absolute Gasteiger partial charge is 0.244 e. The molecule has 1 aliphatic rings. The lowest BCUT2D eigenvalue weighted by molar-refractivity contribution is -0.116. The van der Waals surface area contributed by atoms with E-state index >= 15 is 0 Å². The molecule has 0 saturated carbocycles. The average molecular weight is 326 g/mol. The van der Waals surface area contributed by atoms with Crippen LogP contribution in [0.1, 0.15) is 16.9 Å². The molecule has 0 spiro atoms. The molecule has 1 aliphatic heterocycles. The number of carbonyl (C=O) groups is 1. The third-order valence-corrected chi connectivity index (χ3v) is 4.12. The van der Waals surface area contributed by atoms with Gasteiger partial charge in [-0.3, -0.25) is 4.79 Å². The highest BCUT2D eigenvalue weighted by atomic mass is 16.5. The predicted molar refractivity (Wildman–Crippen MR) is 93.8 cm³/mol. The molecule has 2 heterocycles. The summed E-state index contributed by atoms with van der Waals surface area (Å²) >= 11 is 0. The van der Waals surface area contributed by atoms with Gasteiger partial charge in [-0.1, -0.05) is 12.1 Å². The summed E-state index contributed by atoms with van der Waals surface area (Å²) in [6, 6.07) is 10.1. The molecular formula is C19H22N2O3. The highest BCUT2D eigenvalue weighted by Crippen LogP contribution is 2.17. The lowest BCUT2D eigenvalue weighted by Gasteiger charge is -2.28. The van der Waals surface area contributed by atoms with Gasteiger partial charge in [-0.15, -0.1) is 0 Å². The molecule has 1 fully saturated rings. The zero-order valence-corrected chi connectivity index (χ0v) is 13.8. The number of morpholine rings is 1. The molecule has 3 rings (SSSR count). The minimum atomic E-state index is -0.118. The first-order valence-electron chi connectivity index (χ1n) is 8.14. The second kappa shape index (κ2) is 7.84. The van der Waals surface area contributed by atoms with Crippen molar-refractivity contribution in [2.45, 2.75) is 13.5 Å². The van der Waals surface area contributed by atoms with Crippen LogP contribution in [0.15, 0.2) is 47.1 Å². The van der Waals surface area contributed by atoms with Crippen LogP contribution in [0.3, 0.4) is 0 Å². The molecule has 0 atom stereocenters. The van der Waals surface area contributed by atoms with Gasteiger partial charge >= 0.3 is 0 Å². The Morgan fingerprint density at radius 2 is 1.96 bits per heavy atom. The maximum atomic E-state index is 11.9.